The average molecular weight is 213 g/mol. The van der Waals surface area contributed by atoms with Crippen LogP contribution in [0.1, 0.15) is 38.5 Å². The number of rotatable bonds is 1. The van der Waals surface area contributed by atoms with Crippen LogP contribution in [0.15, 0.2) is 0 Å². The summed E-state index contributed by atoms with van der Waals surface area (Å²) in [6.07, 6.45) is 5.20. The van der Waals surface area contributed by atoms with Crippen LogP contribution in [0.5, 0.6) is 0 Å². The van der Waals surface area contributed by atoms with Gasteiger partial charge >= 0.3 is 5.97 Å². The van der Waals surface area contributed by atoms with Crippen LogP contribution in [0.2, 0.25) is 0 Å². The number of hydrogen-bond acceptors (Lipinski definition) is 3. The van der Waals surface area contributed by atoms with Crippen LogP contribution in [0.4, 0.5) is 0 Å². The molecule has 1 atom stereocenters. The lowest BCUT2D eigenvalue weighted by atomic mass is 9.58. The molecule has 0 aromatic heterocycles. The Kier molecular flexibility index (Phi) is 2.73. The van der Waals surface area contributed by atoms with Crippen molar-refractivity contribution in [3.05, 3.63) is 0 Å². The van der Waals surface area contributed by atoms with E-state index in [-0.39, 0.29) is 5.41 Å². The zero-order valence-electron chi connectivity index (χ0n) is 9.00. The molecule has 1 aliphatic heterocycles. The smallest absolute Gasteiger partial charge is 0.324 e. The highest BCUT2D eigenvalue weighted by Crippen LogP contribution is 2.49. The normalized spacial score (nSPS) is 35.3. The molecular weight excluding hydrogens is 194 g/mol. The van der Waals surface area contributed by atoms with E-state index in [9.17, 15) is 9.90 Å². The Morgan fingerprint density at radius 2 is 1.73 bits per heavy atom. The molecule has 3 N–H and O–H groups in total. The minimum absolute atomic E-state index is 0.213. The molecule has 1 saturated carbocycles. The van der Waals surface area contributed by atoms with Gasteiger partial charge in [0.25, 0.3) is 0 Å². The largest absolute Gasteiger partial charge is 0.480 e. The number of aliphatic carboxylic acids is 1. The summed E-state index contributed by atoms with van der Waals surface area (Å²) in [6, 6.07) is 0. The van der Waals surface area contributed by atoms with E-state index in [0.717, 1.165) is 32.1 Å². The Morgan fingerprint density at radius 1 is 1.13 bits per heavy atom. The third-order valence-electron chi connectivity index (χ3n) is 4.25. The predicted molar refractivity (Wildman–Crippen MR) is 55.5 cm³/mol. The molecule has 2 aliphatic rings. The maximum atomic E-state index is 11.4. The van der Waals surface area contributed by atoms with Crippen molar-refractivity contribution < 1.29 is 14.6 Å². The lowest BCUT2D eigenvalue weighted by molar-refractivity contribution is -0.157. The highest BCUT2D eigenvalue weighted by molar-refractivity contribution is 5.80. The molecule has 1 heterocycles. The van der Waals surface area contributed by atoms with Crippen LogP contribution in [-0.4, -0.2) is 29.8 Å². The Labute approximate surface area is 89.8 Å². The van der Waals surface area contributed by atoms with Crippen molar-refractivity contribution in [3.8, 4) is 0 Å². The van der Waals surface area contributed by atoms with Gasteiger partial charge in [0.1, 0.15) is 5.54 Å². The number of carbonyl (C=O) groups is 1. The fourth-order valence-corrected chi connectivity index (χ4v) is 3.15. The van der Waals surface area contributed by atoms with Crippen LogP contribution >= 0.6 is 0 Å². The van der Waals surface area contributed by atoms with Gasteiger partial charge in [0.15, 0.2) is 0 Å². The molecule has 1 spiro atoms. The molecule has 4 nitrogen and oxygen atoms in total. The monoisotopic (exact) mass is 213 g/mol. The van der Waals surface area contributed by atoms with Crippen molar-refractivity contribution in [2.24, 2.45) is 11.1 Å². The fourth-order valence-electron chi connectivity index (χ4n) is 3.15. The minimum Gasteiger partial charge on any atom is -0.480 e. The third-order valence-corrected chi connectivity index (χ3v) is 4.25. The predicted octanol–water partition coefficient (Wildman–Crippen LogP) is 1.14. The van der Waals surface area contributed by atoms with Crippen LogP contribution in [-0.2, 0) is 9.53 Å². The van der Waals surface area contributed by atoms with Gasteiger partial charge < -0.3 is 15.6 Å². The van der Waals surface area contributed by atoms with E-state index in [4.69, 9.17) is 10.5 Å². The highest BCUT2D eigenvalue weighted by atomic mass is 16.5. The molecule has 0 radical (unpaired) electrons. The van der Waals surface area contributed by atoms with Gasteiger partial charge in [-0.25, -0.2) is 0 Å². The van der Waals surface area contributed by atoms with Gasteiger partial charge in [-0.2, -0.15) is 0 Å². The summed E-state index contributed by atoms with van der Waals surface area (Å²) in [7, 11) is 0. The van der Waals surface area contributed by atoms with Gasteiger partial charge in [0, 0.05) is 18.6 Å². The van der Waals surface area contributed by atoms with Crippen molar-refractivity contribution in [2.75, 3.05) is 13.2 Å². The summed E-state index contributed by atoms with van der Waals surface area (Å²) in [4.78, 5) is 11.4. The Morgan fingerprint density at radius 3 is 2.33 bits per heavy atom. The first-order chi connectivity index (χ1) is 7.11. The van der Waals surface area contributed by atoms with E-state index in [2.05, 4.69) is 0 Å². The van der Waals surface area contributed by atoms with Gasteiger partial charge in [-0.3, -0.25) is 4.79 Å². The molecule has 0 bridgehead atoms. The zero-order chi connectivity index (χ0) is 10.9. The fraction of sp³-hybridized carbons (Fsp3) is 0.909. The quantitative estimate of drug-likeness (QED) is 0.685. The minimum atomic E-state index is -1.02. The Hall–Kier alpha value is -0.610. The molecule has 0 amide bonds. The molecule has 1 saturated heterocycles. The number of carboxylic acids is 1. The lowest BCUT2D eigenvalue weighted by Gasteiger charge is -2.51. The molecule has 4 heteroatoms. The van der Waals surface area contributed by atoms with Crippen LogP contribution in [0.3, 0.4) is 0 Å². The van der Waals surface area contributed by atoms with E-state index in [1.165, 1.54) is 0 Å². The number of carboxylic acid groups (broad SMARTS) is 1. The van der Waals surface area contributed by atoms with Crippen molar-refractivity contribution >= 4 is 5.97 Å². The molecular formula is C11H19NO3. The first-order valence-corrected chi connectivity index (χ1v) is 5.71. The maximum Gasteiger partial charge on any atom is 0.324 e. The average Bonchev–Trinajstić information content (AvgIpc) is 2.24. The number of ether oxygens (including phenoxy) is 1. The van der Waals surface area contributed by atoms with E-state index < -0.39 is 11.5 Å². The van der Waals surface area contributed by atoms with Crippen molar-refractivity contribution in [1.29, 1.82) is 0 Å². The summed E-state index contributed by atoms with van der Waals surface area (Å²) < 4.78 is 5.32. The third kappa shape index (κ3) is 1.56. The summed E-state index contributed by atoms with van der Waals surface area (Å²) in [5.74, 6) is -0.830. The molecule has 15 heavy (non-hydrogen) atoms. The second-order valence-electron chi connectivity index (χ2n) is 4.88. The zero-order valence-corrected chi connectivity index (χ0v) is 9.00. The second kappa shape index (κ2) is 3.76. The first kappa shape index (κ1) is 10.9. The highest BCUT2D eigenvalue weighted by Gasteiger charge is 2.55. The molecule has 0 aromatic rings. The van der Waals surface area contributed by atoms with Gasteiger partial charge in [-0.1, -0.05) is 12.8 Å². The summed E-state index contributed by atoms with van der Waals surface area (Å²) >= 11 is 0. The molecule has 0 aromatic carbocycles. The molecule has 1 unspecified atom stereocenters. The topological polar surface area (TPSA) is 72.6 Å². The van der Waals surface area contributed by atoms with Crippen LogP contribution < -0.4 is 5.73 Å². The molecule has 2 rings (SSSR count). The maximum absolute atomic E-state index is 11.4. The lowest BCUT2D eigenvalue weighted by Crippen LogP contribution is -2.64. The first-order valence-electron chi connectivity index (χ1n) is 5.71. The van der Waals surface area contributed by atoms with Gasteiger partial charge in [-0.05, 0) is 25.7 Å². The standard InChI is InChI=1S/C11H19NO3/c12-11(9(13)14)4-2-1-3-10(11)5-7-15-8-6-10/h1-8,12H2,(H,13,14). The van der Waals surface area contributed by atoms with Gasteiger partial charge in [-0.15, -0.1) is 0 Å². The van der Waals surface area contributed by atoms with Crippen molar-refractivity contribution in [1.82, 2.24) is 0 Å². The van der Waals surface area contributed by atoms with Gasteiger partial charge in [0.05, 0.1) is 0 Å². The van der Waals surface area contributed by atoms with Crippen LogP contribution in [0.25, 0.3) is 0 Å². The SMILES string of the molecule is NC1(C(=O)O)CCCCC12CCOCC2. The Balaban J connectivity index is 2.28. The van der Waals surface area contributed by atoms with Crippen molar-refractivity contribution in [2.45, 2.75) is 44.1 Å². The van der Waals surface area contributed by atoms with E-state index >= 15 is 0 Å². The molecule has 86 valence electrons. The Bertz CT molecular complexity index is 252. The van der Waals surface area contributed by atoms with Crippen LogP contribution in [0, 0.1) is 5.41 Å². The van der Waals surface area contributed by atoms with E-state index in [1.807, 2.05) is 0 Å². The summed E-state index contributed by atoms with van der Waals surface area (Å²) in [5.41, 5.74) is 4.92. The number of hydrogen-bond donors (Lipinski definition) is 2. The molecule has 2 fully saturated rings. The number of nitrogens with two attached hydrogens (primary N) is 1. The second-order valence-corrected chi connectivity index (χ2v) is 4.88. The van der Waals surface area contributed by atoms with E-state index in [0.29, 0.717) is 19.6 Å². The molecule has 1 aliphatic carbocycles. The van der Waals surface area contributed by atoms with Crippen molar-refractivity contribution in [3.63, 3.8) is 0 Å². The summed E-state index contributed by atoms with van der Waals surface area (Å²) in [5, 5.41) is 9.35. The van der Waals surface area contributed by atoms with Gasteiger partial charge in [0.2, 0.25) is 0 Å². The van der Waals surface area contributed by atoms with E-state index in [1.54, 1.807) is 0 Å². The summed E-state index contributed by atoms with van der Waals surface area (Å²) in [6.45, 7) is 1.32.